The van der Waals surface area contributed by atoms with Crippen molar-refractivity contribution in [3.8, 4) is 0 Å². The van der Waals surface area contributed by atoms with Gasteiger partial charge in [-0.2, -0.15) is 0 Å². The molecule has 1 fully saturated rings. The fourth-order valence-electron chi connectivity index (χ4n) is 8.33. The summed E-state index contributed by atoms with van der Waals surface area (Å²) in [6.07, 6.45) is 48.1. The molecule has 2 heteroatoms. The number of quaternary nitrogens is 1. The molecule has 0 aliphatic carbocycles. The first-order chi connectivity index (χ1) is 24.3. The van der Waals surface area contributed by atoms with Crippen LogP contribution in [0, 0.1) is 0 Å². The first-order valence-corrected chi connectivity index (χ1v) is 22.8. The van der Waals surface area contributed by atoms with Crippen molar-refractivity contribution in [3.05, 3.63) is 35.9 Å². The van der Waals surface area contributed by atoms with Crippen LogP contribution in [-0.4, -0.2) is 43.4 Å². The Morgan fingerprint density at radius 2 is 0.796 bits per heavy atom. The summed E-state index contributed by atoms with van der Waals surface area (Å²) < 4.78 is 6.69. The van der Waals surface area contributed by atoms with E-state index in [2.05, 4.69) is 44.2 Å². The molecule has 1 aromatic carbocycles. The molecule has 0 N–H and O–H groups in total. The lowest BCUT2D eigenvalue weighted by Gasteiger charge is -2.39. The molecule has 49 heavy (non-hydrogen) atoms. The molecule has 1 aliphatic rings. The van der Waals surface area contributed by atoms with Gasteiger partial charge in [0.2, 0.25) is 0 Å². The predicted octanol–water partition coefficient (Wildman–Crippen LogP) is 15.0. The summed E-state index contributed by atoms with van der Waals surface area (Å²) in [5, 5.41) is 0. The average molecular weight is 683 g/mol. The van der Waals surface area contributed by atoms with Crippen LogP contribution in [-0.2, 0) is 11.2 Å². The summed E-state index contributed by atoms with van der Waals surface area (Å²) in [4.78, 5) is 0. The van der Waals surface area contributed by atoms with Crippen molar-refractivity contribution in [2.24, 2.45) is 0 Å². The van der Waals surface area contributed by atoms with Gasteiger partial charge >= 0.3 is 0 Å². The molecule has 0 bridgehead atoms. The van der Waals surface area contributed by atoms with Crippen molar-refractivity contribution in [3.63, 3.8) is 0 Å². The second-order valence-electron chi connectivity index (χ2n) is 16.5. The topological polar surface area (TPSA) is 12.5 Å². The Hall–Kier alpha value is -0.860. The zero-order valence-electron chi connectivity index (χ0n) is 33.7. The minimum Gasteiger partial charge on any atom is -0.373 e. The maximum Gasteiger partial charge on any atom is 0.0827 e. The van der Waals surface area contributed by atoms with E-state index in [0.29, 0.717) is 6.10 Å². The molecular formula is C47H88NO+. The van der Waals surface area contributed by atoms with E-state index >= 15 is 0 Å². The van der Waals surface area contributed by atoms with Gasteiger partial charge in [-0.1, -0.05) is 211 Å². The van der Waals surface area contributed by atoms with Gasteiger partial charge in [0, 0.05) is 6.42 Å². The lowest BCUT2D eigenvalue weighted by molar-refractivity contribution is -0.928. The highest BCUT2D eigenvalue weighted by atomic mass is 16.6. The molecule has 0 radical (unpaired) electrons. The lowest BCUT2D eigenvalue weighted by Crippen LogP contribution is -2.51. The minimum absolute atomic E-state index is 0.636. The highest BCUT2D eigenvalue weighted by molar-refractivity contribution is 5.14. The zero-order chi connectivity index (χ0) is 34.8. The Labute approximate surface area is 308 Å². The molecule has 0 aromatic heterocycles. The molecule has 0 amide bonds. The third-order valence-electron chi connectivity index (χ3n) is 11.7. The fourth-order valence-corrected chi connectivity index (χ4v) is 8.33. The third-order valence-corrected chi connectivity index (χ3v) is 11.7. The predicted molar refractivity (Wildman–Crippen MR) is 219 cm³/mol. The quantitative estimate of drug-likeness (QED) is 0.0382. The Kier molecular flexibility index (Phi) is 29.8. The molecule has 1 saturated heterocycles. The molecule has 0 spiro atoms. The van der Waals surface area contributed by atoms with Crippen molar-refractivity contribution in [1.29, 1.82) is 0 Å². The molecule has 2 nitrogen and oxygen atoms in total. The van der Waals surface area contributed by atoms with Crippen molar-refractivity contribution in [2.75, 3.05) is 32.8 Å². The Bertz CT molecular complexity index is 791. The van der Waals surface area contributed by atoms with Crippen LogP contribution in [0.2, 0.25) is 0 Å². The van der Waals surface area contributed by atoms with Crippen LogP contribution in [0.4, 0.5) is 0 Å². The van der Waals surface area contributed by atoms with Crippen molar-refractivity contribution < 1.29 is 9.22 Å². The van der Waals surface area contributed by atoms with E-state index in [-0.39, 0.29) is 0 Å². The maximum atomic E-state index is 5.32. The molecular weight excluding hydrogens is 595 g/mol. The van der Waals surface area contributed by atoms with Crippen LogP contribution in [0.3, 0.4) is 0 Å². The fraction of sp³-hybridized carbons (Fsp3) is 0.872. The number of epoxide rings is 1. The van der Waals surface area contributed by atoms with Gasteiger partial charge in [0.1, 0.15) is 0 Å². The number of rotatable bonds is 39. The van der Waals surface area contributed by atoms with E-state index in [1.807, 2.05) is 0 Å². The Morgan fingerprint density at radius 3 is 1.16 bits per heavy atom. The standard InChI is InChI=1S/C47H88NO/c1-3-5-6-7-8-9-10-11-12-14-17-20-23-26-29-35-42-48(41-4-2,44-40-46-37-32-31-33-38-46)43-36-30-27-24-21-18-15-13-16-19-22-25-28-34-39-47-45-49-47/h31-33,37-38,47H,3-30,34-36,39-45H2,1-2H3/q+1. The van der Waals surface area contributed by atoms with Crippen LogP contribution < -0.4 is 0 Å². The monoisotopic (exact) mass is 683 g/mol. The molecule has 2 unspecified atom stereocenters. The molecule has 1 heterocycles. The van der Waals surface area contributed by atoms with Crippen LogP contribution in [0.1, 0.15) is 225 Å². The summed E-state index contributed by atoms with van der Waals surface area (Å²) in [5.41, 5.74) is 1.53. The summed E-state index contributed by atoms with van der Waals surface area (Å²) >= 11 is 0. The van der Waals surface area contributed by atoms with Crippen LogP contribution in [0.15, 0.2) is 30.3 Å². The van der Waals surface area contributed by atoms with E-state index in [9.17, 15) is 0 Å². The average Bonchev–Trinajstić information content (AvgIpc) is 3.95. The van der Waals surface area contributed by atoms with Gasteiger partial charge in [-0.25, -0.2) is 0 Å². The number of nitrogens with zero attached hydrogens (tertiary/aromatic N) is 1. The summed E-state index contributed by atoms with van der Waals surface area (Å²) in [6.45, 7) is 11.3. The van der Waals surface area contributed by atoms with Gasteiger partial charge in [-0.15, -0.1) is 0 Å². The van der Waals surface area contributed by atoms with Crippen molar-refractivity contribution >= 4 is 0 Å². The highest BCUT2D eigenvalue weighted by Gasteiger charge is 2.25. The molecule has 1 aliphatic heterocycles. The van der Waals surface area contributed by atoms with Crippen molar-refractivity contribution in [1.82, 2.24) is 0 Å². The smallest absolute Gasteiger partial charge is 0.0827 e. The molecule has 2 atom stereocenters. The first-order valence-electron chi connectivity index (χ1n) is 22.8. The van der Waals surface area contributed by atoms with Gasteiger partial charge in [0.05, 0.1) is 38.9 Å². The summed E-state index contributed by atoms with van der Waals surface area (Å²) in [7, 11) is 0. The Balaban J connectivity index is 1.51. The van der Waals surface area contributed by atoms with Gasteiger partial charge in [-0.3, -0.25) is 0 Å². The maximum absolute atomic E-state index is 5.32. The van der Waals surface area contributed by atoms with E-state index in [0.717, 1.165) is 6.61 Å². The highest BCUT2D eigenvalue weighted by Crippen LogP contribution is 2.21. The summed E-state index contributed by atoms with van der Waals surface area (Å²) in [5.74, 6) is 0. The molecule has 0 saturated carbocycles. The summed E-state index contributed by atoms with van der Waals surface area (Å²) in [6, 6.07) is 11.3. The number of unbranched alkanes of at least 4 members (excludes halogenated alkanes) is 28. The van der Waals surface area contributed by atoms with Crippen LogP contribution in [0.25, 0.3) is 0 Å². The van der Waals surface area contributed by atoms with Crippen LogP contribution in [0.5, 0.6) is 0 Å². The van der Waals surface area contributed by atoms with Gasteiger partial charge in [0.25, 0.3) is 0 Å². The normalized spacial score (nSPS) is 15.5. The number of hydrogen-bond donors (Lipinski definition) is 0. The first kappa shape index (κ1) is 44.3. The van der Waals surface area contributed by atoms with Gasteiger partial charge in [-0.05, 0) is 44.1 Å². The Morgan fingerprint density at radius 1 is 0.429 bits per heavy atom. The van der Waals surface area contributed by atoms with E-state index < -0.39 is 0 Å². The van der Waals surface area contributed by atoms with E-state index in [1.165, 1.54) is 248 Å². The molecule has 286 valence electrons. The van der Waals surface area contributed by atoms with E-state index in [4.69, 9.17) is 4.74 Å². The van der Waals surface area contributed by atoms with Crippen molar-refractivity contribution in [2.45, 2.75) is 232 Å². The van der Waals surface area contributed by atoms with E-state index in [1.54, 1.807) is 0 Å². The number of hydrogen-bond acceptors (Lipinski definition) is 1. The molecule has 2 rings (SSSR count). The van der Waals surface area contributed by atoms with Gasteiger partial charge < -0.3 is 9.22 Å². The largest absolute Gasteiger partial charge is 0.373 e. The molecule has 1 aromatic rings. The minimum atomic E-state index is 0.636. The zero-order valence-corrected chi connectivity index (χ0v) is 33.7. The third kappa shape index (κ3) is 27.5. The van der Waals surface area contributed by atoms with Crippen LogP contribution >= 0.6 is 0 Å². The second-order valence-corrected chi connectivity index (χ2v) is 16.5. The number of ether oxygens (including phenoxy) is 1. The van der Waals surface area contributed by atoms with Gasteiger partial charge in [0.15, 0.2) is 0 Å². The lowest BCUT2D eigenvalue weighted by atomic mass is 10.0. The SMILES string of the molecule is CCCCCCCCCCCCCCCCCC[N+](CCC)(CCCCCCCCCCCCCCCCC1CO1)CCc1ccccc1. The number of benzene rings is 1. The second kappa shape index (κ2) is 33.0.